The highest BCUT2D eigenvalue weighted by Gasteiger charge is 2.37. The summed E-state index contributed by atoms with van der Waals surface area (Å²) >= 11 is 0. The van der Waals surface area contributed by atoms with Crippen LogP contribution in [-0.2, 0) is 4.79 Å². The number of amides is 2. The van der Waals surface area contributed by atoms with Gasteiger partial charge in [-0.15, -0.1) is 0 Å². The van der Waals surface area contributed by atoms with E-state index in [1.54, 1.807) is 4.90 Å². The number of fused-ring (bicyclic) bond motifs is 3. The summed E-state index contributed by atoms with van der Waals surface area (Å²) in [5.74, 6) is 0.0949. The van der Waals surface area contributed by atoms with Crippen molar-refractivity contribution in [3.8, 4) is 0 Å². The van der Waals surface area contributed by atoms with Crippen LogP contribution in [0.3, 0.4) is 0 Å². The van der Waals surface area contributed by atoms with Gasteiger partial charge in [-0.3, -0.25) is 9.59 Å². The van der Waals surface area contributed by atoms with Gasteiger partial charge in [0.1, 0.15) is 6.04 Å². The number of anilines is 2. The van der Waals surface area contributed by atoms with Crippen LogP contribution in [0.25, 0.3) is 0 Å². The Bertz CT molecular complexity index is 742. The zero-order chi connectivity index (χ0) is 20.2. The number of rotatable bonds is 5. The zero-order valence-electron chi connectivity index (χ0n) is 17.7. The monoisotopic (exact) mass is 398 g/mol. The molecular weight excluding hydrogens is 364 g/mol. The lowest BCUT2D eigenvalue weighted by Gasteiger charge is -2.44. The molecule has 1 N–H and O–H groups in total. The number of hydrogen-bond acceptors (Lipinski definition) is 4. The van der Waals surface area contributed by atoms with Crippen LogP contribution in [0.15, 0.2) is 18.2 Å². The molecule has 3 heterocycles. The van der Waals surface area contributed by atoms with Crippen molar-refractivity contribution in [2.75, 3.05) is 49.6 Å². The largest absolute Gasteiger partial charge is 0.358 e. The maximum atomic E-state index is 12.8. The minimum absolute atomic E-state index is 0.0417. The predicted molar refractivity (Wildman–Crippen MR) is 117 cm³/mol. The van der Waals surface area contributed by atoms with Gasteiger partial charge >= 0.3 is 0 Å². The fraction of sp³-hybridized carbons (Fsp3) is 0.652. The maximum absolute atomic E-state index is 12.8. The molecule has 2 fully saturated rings. The Labute approximate surface area is 174 Å². The van der Waals surface area contributed by atoms with E-state index in [1.807, 2.05) is 25.2 Å². The van der Waals surface area contributed by atoms with Crippen LogP contribution in [0.1, 0.15) is 61.7 Å². The Kier molecular flexibility index (Phi) is 6.38. The Hall–Kier alpha value is -2.08. The lowest BCUT2D eigenvalue weighted by atomic mass is 9.96. The first kappa shape index (κ1) is 20.2. The molecule has 1 aromatic rings. The smallest absolute Gasteiger partial charge is 0.251 e. The van der Waals surface area contributed by atoms with Gasteiger partial charge < -0.3 is 20.0 Å². The Morgan fingerprint density at radius 3 is 2.59 bits per heavy atom. The molecule has 1 atom stereocenters. The minimum atomic E-state index is -0.0507. The first-order valence-corrected chi connectivity index (χ1v) is 11.3. The van der Waals surface area contributed by atoms with Crippen LogP contribution >= 0.6 is 0 Å². The van der Waals surface area contributed by atoms with Crippen molar-refractivity contribution >= 4 is 23.2 Å². The third-order valence-corrected chi connectivity index (χ3v) is 6.66. The van der Waals surface area contributed by atoms with Gasteiger partial charge in [0.2, 0.25) is 5.91 Å². The number of nitrogens with zero attached hydrogens (tertiary/aromatic N) is 3. The average Bonchev–Trinajstić information content (AvgIpc) is 3.03. The number of nitrogens with one attached hydrogen (secondary N) is 1. The number of carbonyl (C=O) groups excluding carboxylic acids is 2. The molecule has 0 spiro atoms. The van der Waals surface area contributed by atoms with Crippen molar-refractivity contribution in [2.24, 2.45) is 0 Å². The van der Waals surface area contributed by atoms with E-state index in [4.69, 9.17) is 0 Å². The standard InChI is InChI=1S/C23H34N4O2/c1-25-21-17-18(10-11-19(21)27-16-7-4-9-20(27)23(25)29)22(28)24-12-8-15-26-13-5-2-3-6-14-26/h10-11,17,20H,2-9,12-16H2,1H3,(H,24,28). The topological polar surface area (TPSA) is 55.9 Å². The summed E-state index contributed by atoms with van der Waals surface area (Å²) in [7, 11) is 1.83. The molecule has 6 nitrogen and oxygen atoms in total. The number of hydrogen-bond donors (Lipinski definition) is 1. The highest BCUT2D eigenvalue weighted by Crippen LogP contribution is 2.39. The number of likely N-dealkylation sites (N-methyl/N-ethyl adjacent to an activating group) is 1. The molecule has 1 aromatic carbocycles. The molecule has 29 heavy (non-hydrogen) atoms. The quantitative estimate of drug-likeness (QED) is 0.775. The van der Waals surface area contributed by atoms with Crippen LogP contribution in [-0.4, -0.2) is 62.5 Å². The van der Waals surface area contributed by atoms with Crippen molar-refractivity contribution < 1.29 is 9.59 Å². The summed E-state index contributed by atoms with van der Waals surface area (Å²) < 4.78 is 0. The lowest BCUT2D eigenvalue weighted by molar-refractivity contribution is -0.120. The van der Waals surface area contributed by atoms with E-state index in [-0.39, 0.29) is 17.9 Å². The molecule has 3 aliphatic rings. The van der Waals surface area contributed by atoms with Crippen LogP contribution in [0.4, 0.5) is 11.4 Å². The van der Waals surface area contributed by atoms with E-state index in [2.05, 4.69) is 15.1 Å². The van der Waals surface area contributed by atoms with Crippen LogP contribution in [0.5, 0.6) is 0 Å². The third-order valence-electron chi connectivity index (χ3n) is 6.66. The van der Waals surface area contributed by atoms with Gasteiger partial charge in [-0.25, -0.2) is 0 Å². The van der Waals surface area contributed by atoms with Gasteiger partial charge in [-0.2, -0.15) is 0 Å². The zero-order valence-corrected chi connectivity index (χ0v) is 17.7. The van der Waals surface area contributed by atoms with E-state index in [0.717, 1.165) is 50.1 Å². The van der Waals surface area contributed by atoms with E-state index >= 15 is 0 Å². The Balaban J connectivity index is 1.35. The second kappa shape index (κ2) is 9.16. The molecular formula is C23H34N4O2. The molecule has 2 amide bonds. The van der Waals surface area contributed by atoms with E-state index in [1.165, 1.54) is 38.8 Å². The lowest BCUT2D eigenvalue weighted by Crippen LogP contribution is -2.54. The Morgan fingerprint density at radius 1 is 1.03 bits per heavy atom. The van der Waals surface area contributed by atoms with Crippen molar-refractivity contribution in [3.05, 3.63) is 23.8 Å². The van der Waals surface area contributed by atoms with Crippen LogP contribution in [0.2, 0.25) is 0 Å². The summed E-state index contributed by atoms with van der Waals surface area (Å²) in [6, 6.07) is 5.75. The SMILES string of the molecule is CN1C(=O)C2CCCCN2c2ccc(C(=O)NCCCN3CCCCCC3)cc21. The predicted octanol–water partition coefficient (Wildman–Crippen LogP) is 3.02. The van der Waals surface area contributed by atoms with Gasteiger partial charge in [-0.1, -0.05) is 12.8 Å². The second-order valence-corrected chi connectivity index (χ2v) is 8.67. The van der Waals surface area contributed by atoms with Gasteiger partial charge in [0, 0.05) is 25.7 Å². The normalized spacial score (nSPS) is 22.7. The molecule has 0 aliphatic carbocycles. The van der Waals surface area contributed by atoms with Crippen molar-refractivity contribution in [2.45, 2.75) is 57.4 Å². The molecule has 4 rings (SSSR count). The molecule has 3 aliphatic heterocycles. The minimum Gasteiger partial charge on any atom is -0.358 e. The summed E-state index contributed by atoms with van der Waals surface area (Å²) in [5, 5.41) is 3.06. The number of benzene rings is 1. The third kappa shape index (κ3) is 4.42. The molecule has 0 saturated carbocycles. The maximum Gasteiger partial charge on any atom is 0.251 e. The van der Waals surface area contributed by atoms with Crippen LogP contribution < -0.4 is 15.1 Å². The Morgan fingerprint density at radius 2 is 1.79 bits per heavy atom. The fourth-order valence-electron chi connectivity index (χ4n) is 4.96. The first-order chi connectivity index (χ1) is 14.1. The summed E-state index contributed by atoms with van der Waals surface area (Å²) in [4.78, 5) is 31.9. The summed E-state index contributed by atoms with van der Waals surface area (Å²) in [6.07, 6.45) is 9.41. The van der Waals surface area contributed by atoms with E-state index in [9.17, 15) is 9.59 Å². The summed E-state index contributed by atoms with van der Waals surface area (Å²) in [5.41, 5.74) is 2.56. The first-order valence-electron chi connectivity index (χ1n) is 11.3. The average molecular weight is 399 g/mol. The van der Waals surface area contributed by atoms with Crippen molar-refractivity contribution in [1.29, 1.82) is 0 Å². The number of carbonyl (C=O) groups is 2. The fourth-order valence-corrected chi connectivity index (χ4v) is 4.96. The van der Waals surface area contributed by atoms with Crippen LogP contribution in [0, 0.1) is 0 Å². The molecule has 0 radical (unpaired) electrons. The van der Waals surface area contributed by atoms with Gasteiger partial charge in [0.05, 0.1) is 11.4 Å². The van der Waals surface area contributed by atoms with E-state index in [0.29, 0.717) is 12.1 Å². The number of likely N-dealkylation sites (tertiary alicyclic amines) is 1. The highest BCUT2D eigenvalue weighted by atomic mass is 16.2. The number of piperidine rings is 1. The van der Waals surface area contributed by atoms with Gasteiger partial charge in [0.15, 0.2) is 0 Å². The highest BCUT2D eigenvalue weighted by molar-refractivity contribution is 6.07. The van der Waals surface area contributed by atoms with Crippen molar-refractivity contribution in [3.63, 3.8) is 0 Å². The molecule has 2 saturated heterocycles. The molecule has 158 valence electrons. The second-order valence-electron chi connectivity index (χ2n) is 8.67. The molecule has 0 bridgehead atoms. The van der Waals surface area contributed by atoms with E-state index < -0.39 is 0 Å². The molecule has 6 heteroatoms. The summed E-state index contributed by atoms with van der Waals surface area (Å²) in [6.45, 7) is 5.04. The van der Waals surface area contributed by atoms with Crippen molar-refractivity contribution in [1.82, 2.24) is 10.2 Å². The molecule has 0 aromatic heterocycles. The molecule has 1 unspecified atom stereocenters. The van der Waals surface area contributed by atoms with Gasteiger partial charge in [0.25, 0.3) is 5.91 Å². The van der Waals surface area contributed by atoms with Gasteiger partial charge in [-0.05, 0) is 76.4 Å².